The molecule has 0 bridgehead atoms. The molecule has 0 saturated carbocycles. The van der Waals surface area contributed by atoms with Crippen LogP contribution >= 0.6 is 0 Å². The highest BCUT2D eigenvalue weighted by Crippen LogP contribution is 2.27. The Kier molecular flexibility index (Phi) is 27.7. The van der Waals surface area contributed by atoms with Crippen molar-refractivity contribution in [1.82, 2.24) is 54.7 Å². The highest BCUT2D eigenvalue weighted by Gasteiger charge is 2.15. The number of rotatable bonds is 28. The molecule has 3 amide bonds. The van der Waals surface area contributed by atoms with Gasteiger partial charge in [-0.1, -0.05) is 55.1 Å². The first-order chi connectivity index (χ1) is 52.4. The van der Waals surface area contributed by atoms with Crippen molar-refractivity contribution in [3.63, 3.8) is 0 Å². The molecule has 23 nitrogen and oxygen atoms in total. The number of anilines is 9. The Morgan fingerprint density at radius 3 is 1.08 bits per heavy atom. The van der Waals surface area contributed by atoms with Gasteiger partial charge in [-0.05, 0) is 233 Å². The number of amides is 3. The molecule has 0 radical (unpaired) electrons. The van der Waals surface area contributed by atoms with Gasteiger partial charge < -0.3 is 41.7 Å². The Hall–Kier alpha value is -14.0. The van der Waals surface area contributed by atoms with Crippen molar-refractivity contribution in [2.45, 2.75) is 26.2 Å². The van der Waals surface area contributed by atoms with Gasteiger partial charge in [0.1, 0.15) is 0 Å². The van der Waals surface area contributed by atoms with Crippen LogP contribution in [0.15, 0.2) is 287 Å². The number of carbonyl (C=O) groups excluding carboxylic acids is 6. The van der Waals surface area contributed by atoms with Gasteiger partial charge in [0, 0.05) is 156 Å². The lowest BCUT2D eigenvalue weighted by atomic mass is 10.0. The van der Waals surface area contributed by atoms with Crippen molar-refractivity contribution in [2.75, 3.05) is 73.2 Å². The fourth-order valence-corrected chi connectivity index (χ4v) is 10.5. The highest BCUT2D eigenvalue weighted by atomic mass is 16.2. The van der Waals surface area contributed by atoms with E-state index in [1.54, 1.807) is 147 Å². The van der Waals surface area contributed by atoms with E-state index in [1.807, 2.05) is 172 Å². The monoisotopic (exact) mass is 1430 g/mol. The van der Waals surface area contributed by atoms with Crippen molar-refractivity contribution in [1.29, 1.82) is 0 Å². The number of nitrogens with zero attached hydrogens (tertiary/aromatic N) is 11. The van der Waals surface area contributed by atoms with Gasteiger partial charge in [0.25, 0.3) is 17.7 Å². The molecule has 6 aromatic carbocycles. The lowest BCUT2D eigenvalue weighted by Crippen LogP contribution is -2.13. The zero-order chi connectivity index (χ0) is 76.0. The summed E-state index contributed by atoms with van der Waals surface area (Å²) < 4.78 is 0. The molecule has 0 aliphatic heterocycles. The number of allylic oxidation sites excluding steroid dienone is 3. The predicted octanol–water partition coefficient (Wildman–Crippen LogP) is 14.7. The van der Waals surface area contributed by atoms with Crippen LogP contribution in [0.2, 0.25) is 0 Å². The standard InChI is InChI=1S/C30H30N6O2.C29H28N6O2.C26H21N5O2/c1-21-17-25(11-12-27(21)34-30-32-15-13-28(35-30)24-9-5-14-31-20-24)33-29(38)23-8-4-7-22(18-23)19-26(37)10-6-16-36(2)3;1-35(2)17-5-9-26(36)19-21-6-3-7-22(18-21)28(37)32-24-10-12-25(13-11-24)33-29-31-16-14-27(34-29)23-8-4-15-30-20-23;1-2-23(32)16-18-5-3-6-19(15-18)25(33)29-21-8-10-22(11-9-21)30-26-28-14-12-24(31-26)20-7-4-13-27-17-20/h4-15,17-18,20H,16,19H2,1-3H3,(H,33,38)(H,32,34,35);3-16,18,20H,17,19H2,1-2H3,(H,32,37)(H,31,33,34);2-15,17H,1,16H2,(H,29,33)(H,28,30,31)/b10-6+;9-5+;. The molecular weight excluding hydrogens is 1360 g/mol. The van der Waals surface area contributed by atoms with Crippen LogP contribution in [-0.4, -0.2) is 131 Å². The third-order valence-corrected chi connectivity index (χ3v) is 15.8. The van der Waals surface area contributed by atoms with Crippen LogP contribution in [0.5, 0.6) is 0 Å². The Morgan fingerprint density at radius 2 is 0.731 bits per heavy atom. The van der Waals surface area contributed by atoms with Crippen molar-refractivity contribution in [3.8, 4) is 33.8 Å². The summed E-state index contributed by atoms with van der Waals surface area (Å²) in [5.41, 5.74) is 14.1. The minimum atomic E-state index is -0.254. The quantitative estimate of drug-likeness (QED) is 0.0248. The fraction of sp³-hybridized carbons (Fsp3) is 0.118. The number of aromatic nitrogens is 9. The molecule has 108 heavy (non-hydrogen) atoms. The minimum Gasteiger partial charge on any atom is -0.324 e. The second kappa shape index (κ2) is 39.0. The minimum absolute atomic E-state index is 0.00178. The van der Waals surface area contributed by atoms with Gasteiger partial charge in [-0.25, -0.2) is 29.9 Å². The van der Waals surface area contributed by atoms with Gasteiger partial charge in [0.05, 0.1) is 17.1 Å². The number of hydrogen-bond donors (Lipinski definition) is 6. The lowest BCUT2D eigenvalue weighted by molar-refractivity contribution is -0.114. The van der Waals surface area contributed by atoms with Crippen LogP contribution < -0.4 is 31.9 Å². The average Bonchev–Trinajstić information content (AvgIpc) is 0.854. The smallest absolute Gasteiger partial charge is 0.255 e. The maximum atomic E-state index is 12.9. The summed E-state index contributed by atoms with van der Waals surface area (Å²) in [5, 5.41) is 18.3. The van der Waals surface area contributed by atoms with Crippen LogP contribution in [0.3, 0.4) is 0 Å². The summed E-state index contributed by atoms with van der Waals surface area (Å²) in [6, 6.07) is 58.2. The van der Waals surface area contributed by atoms with Crippen molar-refractivity contribution < 1.29 is 28.8 Å². The summed E-state index contributed by atoms with van der Waals surface area (Å²) in [6.07, 6.45) is 24.3. The van der Waals surface area contributed by atoms with Gasteiger partial charge in [-0.3, -0.25) is 43.7 Å². The van der Waals surface area contributed by atoms with E-state index >= 15 is 0 Å². The molecular formula is C85H79N17O6. The predicted molar refractivity (Wildman–Crippen MR) is 425 cm³/mol. The number of hydrogen-bond acceptors (Lipinski definition) is 20. The van der Waals surface area contributed by atoms with Gasteiger partial charge in [-0.15, -0.1) is 0 Å². The van der Waals surface area contributed by atoms with Crippen molar-refractivity contribution in [3.05, 3.63) is 326 Å². The third kappa shape index (κ3) is 24.3. The Labute approximate surface area is 626 Å². The number of carbonyl (C=O) groups is 6. The normalized spacial score (nSPS) is 10.8. The van der Waals surface area contributed by atoms with Gasteiger partial charge in [0.15, 0.2) is 17.3 Å². The molecule has 0 aliphatic carbocycles. The number of nitrogens with one attached hydrogen (secondary N) is 6. The molecule has 0 unspecified atom stereocenters. The van der Waals surface area contributed by atoms with Gasteiger partial charge in [-0.2, -0.15) is 0 Å². The molecule has 0 aliphatic rings. The van der Waals surface area contributed by atoms with Crippen LogP contribution in [0, 0.1) is 6.92 Å². The van der Waals surface area contributed by atoms with Crippen LogP contribution in [-0.2, 0) is 33.6 Å². The van der Waals surface area contributed by atoms with E-state index in [4.69, 9.17) is 0 Å². The van der Waals surface area contributed by atoms with Crippen molar-refractivity contribution >= 4 is 87.0 Å². The highest BCUT2D eigenvalue weighted by molar-refractivity contribution is 6.06. The summed E-state index contributed by atoms with van der Waals surface area (Å²) >= 11 is 0. The van der Waals surface area contributed by atoms with Crippen molar-refractivity contribution in [2.24, 2.45) is 0 Å². The molecule has 6 N–H and O–H groups in total. The summed E-state index contributed by atoms with van der Waals surface area (Å²) in [7, 11) is 7.77. The number of likely N-dealkylation sites (N-methyl/N-ethyl adjacent to an activating group) is 2. The molecule has 540 valence electrons. The molecule has 23 heteroatoms. The number of aryl methyl sites for hydroxylation is 1. The van der Waals surface area contributed by atoms with E-state index < -0.39 is 0 Å². The van der Waals surface area contributed by atoms with Gasteiger partial charge in [0.2, 0.25) is 17.8 Å². The summed E-state index contributed by atoms with van der Waals surface area (Å²) in [6.45, 7) is 6.82. The zero-order valence-electron chi connectivity index (χ0n) is 60.2. The number of ketones is 3. The SMILES string of the molecule is C=CC(=O)Cc1cccc(C(=O)Nc2ccc(Nc3nccc(-c4cccnc4)n3)cc2)c1.CN(C)C/C=C/C(=O)Cc1cccc(C(=O)Nc2ccc(Nc3nccc(-c4cccnc4)n3)cc2)c1.Cc1cc(NC(=O)c2cccc(CC(=O)/C=C/CN(C)C)c2)ccc1Nc1nccc(-c2cccnc2)n1. The third-order valence-electron chi connectivity index (χ3n) is 15.8. The first-order valence-corrected chi connectivity index (χ1v) is 34.3. The first-order valence-electron chi connectivity index (χ1n) is 34.3. The largest absolute Gasteiger partial charge is 0.324 e. The molecule has 6 heterocycles. The first kappa shape index (κ1) is 76.6. The Bertz CT molecular complexity index is 5140. The molecule has 0 spiro atoms. The van der Waals surface area contributed by atoms with Crippen LogP contribution in [0.4, 0.5) is 52.0 Å². The summed E-state index contributed by atoms with van der Waals surface area (Å²) in [4.78, 5) is 117. The van der Waals surface area contributed by atoms with E-state index in [2.05, 4.69) is 83.3 Å². The summed E-state index contributed by atoms with van der Waals surface area (Å²) in [5.74, 6) is 0.548. The van der Waals surface area contributed by atoms with E-state index in [0.717, 1.165) is 73.1 Å². The Balaban J connectivity index is 0.000000173. The molecule has 0 saturated heterocycles. The van der Waals surface area contributed by atoms with Gasteiger partial charge >= 0.3 is 0 Å². The second-order valence-electron chi connectivity index (χ2n) is 25.0. The Morgan fingerprint density at radius 1 is 0.380 bits per heavy atom. The molecule has 12 rings (SSSR count). The number of pyridine rings is 3. The maximum absolute atomic E-state index is 12.9. The molecule has 12 aromatic rings. The van der Waals surface area contributed by atoms with E-state index in [0.29, 0.717) is 64.7 Å². The molecule has 0 fully saturated rings. The lowest BCUT2D eigenvalue weighted by Gasteiger charge is -2.12. The molecule has 6 aromatic heterocycles. The topological polar surface area (TPSA) is 297 Å². The molecule has 0 atom stereocenters. The van der Waals surface area contributed by atoms with E-state index in [-0.39, 0.29) is 54.3 Å². The van der Waals surface area contributed by atoms with Crippen LogP contribution in [0.1, 0.15) is 53.3 Å². The number of benzene rings is 6. The maximum Gasteiger partial charge on any atom is 0.255 e. The average molecular weight is 1430 g/mol. The zero-order valence-corrected chi connectivity index (χ0v) is 60.2. The van der Waals surface area contributed by atoms with Crippen LogP contribution in [0.25, 0.3) is 33.8 Å². The van der Waals surface area contributed by atoms with E-state index in [9.17, 15) is 28.8 Å². The second-order valence-corrected chi connectivity index (χ2v) is 25.0. The van der Waals surface area contributed by atoms with E-state index in [1.165, 1.54) is 6.08 Å². The fourth-order valence-electron chi connectivity index (χ4n) is 10.5.